The van der Waals surface area contributed by atoms with Crippen LogP contribution in [-0.2, 0) is 21.4 Å². The Bertz CT molecular complexity index is 1070. The summed E-state index contributed by atoms with van der Waals surface area (Å²) in [6.45, 7) is 1.31. The molecule has 11 heteroatoms. The predicted molar refractivity (Wildman–Crippen MR) is 89.2 cm³/mol. The van der Waals surface area contributed by atoms with Gasteiger partial charge in [0.25, 0.3) is 5.89 Å². The lowest BCUT2D eigenvalue weighted by molar-refractivity contribution is 0.0430. The molecule has 2 N–H and O–H groups in total. The third-order valence-corrected chi connectivity index (χ3v) is 5.70. The lowest BCUT2D eigenvalue weighted by atomic mass is 10.1. The monoisotopic (exact) mass is 397 g/mol. The molecule has 26 heavy (non-hydrogen) atoms. The molecule has 3 rings (SSSR count). The van der Waals surface area contributed by atoms with E-state index in [-0.39, 0.29) is 28.1 Å². The van der Waals surface area contributed by atoms with Crippen LogP contribution in [0.2, 0.25) is 0 Å². The van der Waals surface area contributed by atoms with Crippen molar-refractivity contribution in [1.29, 1.82) is 0 Å². The number of benzene rings is 1. The molecule has 2 heterocycles. The Morgan fingerprint density at radius 2 is 2.15 bits per heavy atom. The standard InChI is InChI=1S/C15H12FN3O5S2/c1-8-2-3-9(4-11(8)16)14-18-12(24-19-14)6-23-15(20)10-5-13(25-7-10)26(17,21)22/h2-5,7H,6H2,1H3,(H2,17,21,22). The number of carbonyl (C=O) groups is 1. The van der Waals surface area contributed by atoms with Crippen molar-refractivity contribution in [3.8, 4) is 11.4 Å². The number of aryl methyl sites for hydroxylation is 1. The van der Waals surface area contributed by atoms with E-state index in [1.807, 2.05) is 0 Å². The summed E-state index contributed by atoms with van der Waals surface area (Å²) in [5.41, 5.74) is 0.949. The van der Waals surface area contributed by atoms with Crippen LogP contribution in [-0.4, -0.2) is 24.5 Å². The molecule has 136 valence electrons. The van der Waals surface area contributed by atoms with Crippen LogP contribution < -0.4 is 5.14 Å². The molecule has 0 aliphatic heterocycles. The van der Waals surface area contributed by atoms with Gasteiger partial charge < -0.3 is 9.26 Å². The van der Waals surface area contributed by atoms with Crippen molar-refractivity contribution in [2.45, 2.75) is 17.7 Å². The van der Waals surface area contributed by atoms with Crippen LogP contribution in [0.1, 0.15) is 21.8 Å². The number of ether oxygens (including phenoxy) is 1. The van der Waals surface area contributed by atoms with E-state index in [1.165, 1.54) is 11.4 Å². The molecule has 3 aromatic rings. The van der Waals surface area contributed by atoms with Gasteiger partial charge in [-0.25, -0.2) is 22.7 Å². The number of aromatic nitrogens is 2. The quantitative estimate of drug-likeness (QED) is 0.654. The highest BCUT2D eigenvalue weighted by Gasteiger charge is 2.17. The number of hydrogen-bond donors (Lipinski definition) is 1. The van der Waals surface area contributed by atoms with Crippen LogP contribution in [0.5, 0.6) is 0 Å². The van der Waals surface area contributed by atoms with Crippen LogP contribution in [0.25, 0.3) is 11.4 Å². The summed E-state index contributed by atoms with van der Waals surface area (Å²) < 4.78 is 45.8. The summed E-state index contributed by atoms with van der Waals surface area (Å²) in [5.74, 6) is -1.00. The molecule has 0 amide bonds. The molecule has 0 saturated heterocycles. The topological polar surface area (TPSA) is 125 Å². The summed E-state index contributed by atoms with van der Waals surface area (Å²) in [6, 6.07) is 5.62. The number of rotatable bonds is 5. The third-order valence-electron chi connectivity index (χ3n) is 3.32. The zero-order valence-electron chi connectivity index (χ0n) is 13.3. The summed E-state index contributed by atoms with van der Waals surface area (Å²) in [5, 5.41) is 10.0. The van der Waals surface area contributed by atoms with Gasteiger partial charge in [-0.15, -0.1) is 11.3 Å². The zero-order valence-corrected chi connectivity index (χ0v) is 14.9. The van der Waals surface area contributed by atoms with Gasteiger partial charge in [0.15, 0.2) is 6.61 Å². The van der Waals surface area contributed by atoms with Gasteiger partial charge >= 0.3 is 5.97 Å². The fourth-order valence-corrected chi connectivity index (χ4v) is 3.52. The molecule has 0 bridgehead atoms. The zero-order chi connectivity index (χ0) is 18.9. The number of esters is 1. The first-order valence-electron chi connectivity index (χ1n) is 7.11. The summed E-state index contributed by atoms with van der Waals surface area (Å²) >= 11 is 0.810. The number of thiophene rings is 1. The molecule has 0 aliphatic rings. The van der Waals surface area contributed by atoms with E-state index in [4.69, 9.17) is 14.4 Å². The van der Waals surface area contributed by atoms with Crippen LogP contribution in [0.15, 0.2) is 38.4 Å². The van der Waals surface area contributed by atoms with Crippen molar-refractivity contribution < 1.29 is 26.9 Å². The average Bonchev–Trinajstić information content (AvgIpc) is 3.24. The third kappa shape index (κ3) is 3.95. The maximum atomic E-state index is 13.6. The van der Waals surface area contributed by atoms with Gasteiger partial charge in [0.1, 0.15) is 10.0 Å². The molecule has 0 spiro atoms. The molecule has 2 aromatic heterocycles. The fourth-order valence-electron chi connectivity index (χ4n) is 1.95. The number of nitrogens with two attached hydrogens (primary N) is 1. The molecule has 0 atom stereocenters. The second kappa shape index (κ2) is 6.94. The molecule has 8 nitrogen and oxygen atoms in total. The van der Waals surface area contributed by atoms with Crippen LogP contribution in [0.4, 0.5) is 4.39 Å². The smallest absolute Gasteiger partial charge is 0.339 e. The highest BCUT2D eigenvalue weighted by atomic mass is 32.2. The van der Waals surface area contributed by atoms with Crippen molar-refractivity contribution in [1.82, 2.24) is 10.1 Å². The Morgan fingerprint density at radius 1 is 1.38 bits per heavy atom. The summed E-state index contributed by atoms with van der Waals surface area (Å²) in [7, 11) is -3.88. The number of carbonyl (C=O) groups excluding carboxylic acids is 1. The molecule has 0 fully saturated rings. The van der Waals surface area contributed by atoms with E-state index in [1.54, 1.807) is 19.1 Å². The minimum Gasteiger partial charge on any atom is -0.452 e. The minimum atomic E-state index is -3.88. The fraction of sp³-hybridized carbons (Fsp3) is 0.133. The van der Waals surface area contributed by atoms with Crippen molar-refractivity contribution in [2.24, 2.45) is 5.14 Å². The van der Waals surface area contributed by atoms with Crippen molar-refractivity contribution in [3.05, 3.63) is 52.5 Å². The first kappa shape index (κ1) is 18.2. The normalized spacial score (nSPS) is 11.5. The largest absolute Gasteiger partial charge is 0.452 e. The van der Waals surface area contributed by atoms with Gasteiger partial charge in [-0.3, -0.25) is 0 Å². The van der Waals surface area contributed by atoms with E-state index in [9.17, 15) is 17.6 Å². The van der Waals surface area contributed by atoms with E-state index in [0.29, 0.717) is 11.1 Å². The first-order valence-corrected chi connectivity index (χ1v) is 9.54. The van der Waals surface area contributed by atoms with Crippen LogP contribution in [0, 0.1) is 12.7 Å². The maximum Gasteiger partial charge on any atom is 0.339 e. The Kier molecular flexibility index (Phi) is 4.85. The number of primary sulfonamides is 1. The van der Waals surface area contributed by atoms with Gasteiger partial charge in [0.2, 0.25) is 15.8 Å². The van der Waals surface area contributed by atoms with Gasteiger partial charge in [-0.05, 0) is 24.6 Å². The lowest BCUT2D eigenvalue weighted by Gasteiger charge is -1.99. The van der Waals surface area contributed by atoms with Gasteiger partial charge in [0, 0.05) is 10.9 Å². The van der Waals surface area contributed by atoms with Crippen molar-refractivity contribution in [2.75, 3.05) is 0 Å². The minimum absolute atomic E-state index is 0.0104. The molecule has 1 aromatic carbocycles. The highest BCUT2D eigenvalue weighted by molar-refractivity contribution is 7.91. The molecule has 0 aliphatic carbocycles. The lowest BCUT2D eigenvalue weighted by Crippen LogP contribution is -2.10. The number of sulfonamides is 1. The second-order valence-electron chi connectivity index (χ2n) is 5.25. The average molecular weight is 397 g/mol. The summed E-state index contributed by atoms with van der Waals surface area (Å²) in [4.78, 5) is 16.0. The molecular weight excluding hydrogens is 385 g/mol. The van der Waals surface area contributed by atoms with E-state index in [2.05, 4.69) is 10.1 Å². The number of halogens is 1. The Labute approximate surface area is 151 Å². The van der Waals surface area contributed by atoms with Gasteiger partial charge in [-0.2, -0.15) is 4.98 Å². The Hall–Kier alpha value is -2.63. The van der Waals surface area contributed by atoms with Gasteiger partial charge in [-0.1, -0.05) is 17.3 Å². The molecule has 0 unspecified atom stereocenters. The molecule has 0 radical (unpaired) electrons. The Balaban J connectivity index is 1.67. The van der Waals surface area contributed by atoms with Gasteiger partial charge in [0.05, 0.1) is 5.56 Å². The van der Waals surface area contributed by atoms with E-state index >= 15 is 0 Å². The Morgan fingerprint density at radius 3 is 2.81 bits per heavy atom. The number of nitrogens with zero attached hydrogens (tertiary/aromatic N) is 2. The van der Waals surface area contributed by atoms with Crippen molar-refractivity contribution >= 4 is 27.3 Å². The maximum absolute atomic E-state index is 13.6. The van der Waals surface area contributed by atoms with E-state index in [0.717, 1.165) is 17.4 Å². The molecule has 0 saturated carbocycles. The first-order chi connectivity index (χ1) is 12.2. The van der Waals surface area contributed by atoms with Crippen LogP contribution >= 0.6 is 11.3 Å². The van der Waals surface area contributed by atoms with Crippen LogP contribution in [0.3, 0.4) is 0 Å². The molecular formula is C15H12FN3O5S2. The summed E-state index contributed by atoms with van der Waals surface area (Å²) in [6.07, 6.45) is 0. The van der Waals surface area contributed by atoms with E-state index < -0.39 is 21.8 Å². The van der Waals surface area contributed by atoms with Crippen molar-refractivity contribution in [3.63, 3.8) is 0 Å². The second-order valence-corrected chi connectivity index (χ2v) is 7.95. The SMILES string of the molecule is Cc1ccc(-c2noc(COC(=O)c3csc(S(N)(=O)=O)c3)n2)cc1F. The number of hydrogen-bond acceptors (Lipinski definition) is 8. The highest BCUT2D eigenvalue weighted by Crippen LogP contribution is 2.21. The predicted octanol–water partition coefficient (Wildman–Crippen LogP) is 2.25.